The van der Waals surface area contributed by atoms with E-state index in [-0.39, 0.29) is 24.3 Å². The summed E-state index contributed by atoms with van der Waals surface area (Å²) >= 11 is 0. The number of rotatable bonds is 4. The molecule has 0 atom stereocenters. The van der Waals surface area contributed by atoms with Gasteiger partial charge in [0.25, 0.3) is 5.91 Å². The number of H-pyrrole nitrogens is 1. The third kappa shape index (κ3) is 3.50. The summed E-state index contributed by atoms with van der Waals surface area (Å²) in [6, 6.07) is 7.36. The van der Waals surface area contributed by atoms with Crippen molar-refractivity contribution in [2.75, 3.05) is 26.7 Å². The van der Waals surface area contributed by atoms with Gasteiger partial charge in [-0.1, -0.05) is 12.1 Å². The number of likely N-dealkylation sites (N-methyl/N-ethyl adjacent to an activating group) is 1. The van der Waals surface area contributed by atoms with Gasteiger partial charge in [0.1, 0.15) is 0 Å². The highest BCUT2D eigenvalue weighted by molar-refractivity contribution is 6.06. The van der Waals surface area contributed by atoms with E-state index in [4.69, 9.17) is 5.11 Å². The number of nitrogens with zero attached hydrogens (tertiary/aromatic N) is 2. The van der Waals surface area contributed by atoms with E-state index < -0.39 is 5.97 Å². The summed E-state index contributed by atoms with van der Waals surface area (Å²) in [6.07, 6.45) is 2.69. The summed E-state index contributed by atoms with van der Waals surface area (Å²) < 4.78 is 0. The molecule has 1 aliphatic heterocycles. The average molecular weight is 343 g/mol. The lowest BCUT2D eigenvalue weighted by molar-refractivity contribution is -0.145. The maximum Gasteiger partial charge on any atom is 0.306 e. The molecule has 1 aliphatic rings. The number of piperidine rings is 1. The summed E-state index contributed by atoms with van der Waals surface area (Å²) in [7, 11) is 1.60. The zero-order valence-corrected chi connectivity index (χ0v) is 14.1. The van der Waals surface area contributed by atoms with E-state index in [2.05, 4.69) is 4.98 Å². The van der Waals surface area contributed by atoms with E-state index in [1.54, 1.807) is 24.2 Å². The van der Waals surface area contributed by atoms with Crippen LogP contribution in [-0.2, 0) is 9.59 Å². The highest BCUT2D eigenvalue weighted by Gasteiger charge is 2.28. The number of hydrogen-bond acceptors (Lipinski definition) is 3. The normalized spacial score (nSPS) is 15.3. The zero-order valence-electron chi connectivity index (χ0n) is 14.1. The predicted molar refractivity (Wildman–Crippen MR) is 92.2 cm³/mol. The first kappa shape index (κ1) is 17.0. The average Bonchev–Trinajstić information content (AvgIpc) is 3.09. The Morgan fingerprint density at radius 2 is 1.96 bits per heavy atom. The first-order chi connectivity index (χ1) is 12.0. The van der Waals surface area contributed by atoms with E-state index in [0.717, 1.165) is 10.9 Å². The second-order valence-corrected chi connectivity index (χ2v) is 6.40. The number of para-hydroxylation sites is 1. The van der Waals surface area contributed by atoms with Crippen LogP contribution in [0.25, 0.3) is 10.9 Å². The molecule has 1 aromatic heterocycles. The Morgan fingerprint density at radius 3 is 2.64 bits per heavy atom. The van der Waals surface area contributed by atoms with Gasteiger partial charge in [0.2, 0.25) is 5.91 Å². The molecule has 2 aromatic rings. The van der Waals surface area contributed by atoms with Crippen molar-refractivity contribution in [3.8, 4) is 0 Å². The quantitative estimate of drug-likeness (QED) is 0.881. The Bertz CT molecular complexity index is 806. The van der Waals surface area contributed by atoms with Crippen molar-refractivity contribution in [2.45, 2.75) is 12.8 Å². The van der Waals surface area contributed by atoms with Gasteiger partial charge in [0.15, 0.2) is 0 Å². The molecule has 2 amide bonds. The Kier molecular flexibility index (Phi) is 4.74. The standard InChI is InChI=1S/C18H21N3O4/c1-20(11-15(22)21-9-6-13(7-10-21)18(24)25)17(23)14-4-2-3-12-5-8-19-16(12)14/h2-5,8,13,19H,6-7,9-11H2,1H3,(H,24,25). The zero-order chi connectivity index (χ0) is 18.0. The maximum absolute atomic E-state index is 12.7. The monoisotopic (exact) mass is 343 g/mol. The molecule has 0 unspecified atom stereocenters. The molecule has 0 radical (unpaired) electrons. The minimum absolute atomic E-state index is 0.0202. The number of benzene rings is 1. The van der Waals surface area contributed by atoms with Crippen LogP contribution in [0.5, 0.6) is 0 Å². The summed E-state index contributed by atoms with van der Waals surface area (Å²) in [6.45, 7) is 0.821. The minimum atomic E-state index is -0.807. The molecule has 0 bridgehead atoms. The number of hydrogen-bond donors (Lipinski definition) is 2. The first-order valence-corrected chi connectivity index (χ1v) is 8.29. The molecule has 2 N–H and O–H groups in total. The molecular formula is C18H21N3O4. The number of likely N-dealkylation sites (tertiary alicyclic amines) is 1. The second kappa shape index (κ2) is 6.96. The van der Waals surface area contributed by atoms with Crippen LogP contribution >= 0.6 is 0 Å². The third-order valence-electron chi connectivity index (χ3n) is 4.73. The van der Waals surface area contributed by atoms with Gasteiger partial charge in [-0.05, 0) is 25.0 Å². The van der Waals surface area contributed by atoms with Crippen molar-refractivity contribution in [1.82, 2.24) is 14.8 Å². The van der Waals surface area contributed by atoms with E-state index in [1.165, 1.54) is 4.90 Å². The first-order valence-electron chi connectivity index (χ1n) is 8.29. The van der Waals surface area contributed by atoms with Gasteiger partial charge in [-0.25, -0.2) is 0 Å². The van der Waals surface area contributed by atoms with Crippen LogP contribution < -0.4 is 0 Å². The van der Waals surface area contributed by atoms with Crippen LogP contribution in [0.4, 0.5) is 0 Å². The number of aromatic nitrogens is 1. The summed E-state index contributed by atoms with van der Waals surface area (Å²) in [5, 5.41) is 9.96. The second-order valence-electron chi connectivity index (χ2n) is 6.40. The van der Waals surface area contributed by atoms with Gasteiger partial charge in [-0.2, -0.15) is 0 Å². The molecule has 0 saturated carbocycles. The number of aliphatic carboxylic acids is 1. The van der Waals surface area contributed by atoms with Crippen molar-refractivity contribution in [3.05, 3.63) is 36.0 Å². The molecule has 7 heteroatoms. The fraction of sp³-hybridized carbons (Fsp3) is 0.389. The molecule has 132 valence electrons. The number of nitrogens with one attached hydrogen (secondary N) is 1. The van der Waals surface area contributed by atoms with E-state index in [1.807, 2.05) is 18.2 Å². The minimum Gasteiger partial charge on any atom is -0.481 e. The third-order valence-corrected chi connectivity index (χ3v) is 4.73. The number of amides is 2. The molecular weight excluding hydrogens is 322 g/mol. The van der Waals surface area contributed by atoms with Crippen molar-refractivity contribution in [1.29, 1.82) is 0 Å². The molecule has 7 nitrogen and oxygen atoms in total. The molecule has 1 saturated heterocycles. The Hall–Kier alpha value is -2.83. The van der Waals surface area contributed by atoms with Gasteiger partial charge in [-0.3, -0.25) is 14.4 Å². The van der Waals surface area contributed by atoms with Gasteiger partial charge in [0.05, 0.1) is 23.5 Å². The molecule has 2 heterocycles. The van der Waals surface area contributed by atoms with E-state index >= 15 is 0 Å². The van der Waals surface area contributed by atoms with Gasteiger partial charge in [0, 0.05) is 31.7 Å². The lowest BCUT2D eigenvalue weighted by Gasteiger charge is -2.31. The number of aromatic amines is 1. The number of fused-ring (bicyclic) bond motifs is 1. The number of carboxylic acid groups (broad SMARTS) is 1. The molecule has 1 fully saturated rings. The van der Waals surface area contributed by atoms with Gasteiger partial charge >= 0.3 is 5.97 Å². The summed E-state index contributed by atoms with van der Waals surface area (Å²) in [4.78, 5) is 42.2. The van der Waals surface area contributed by atoms with Crippen molar-refractivity contribution in [2.24, 2.45) is 5.92 Å². The lowest BCUT2D eigenvalue weighted by Crippen LogP contribution is -2.45. The molecule has 25 heavy (non-hydrogen) atoms. The van der Waals surface area contributed by atoms with Crippen LogP contribution in [0.1, 0.15) is 23.2 Å². The van der Waals surface area contributed by atoms with E-state index in [0.29, 0.717) is 31.5 Å². The Morgan fingerprint density at radius 1 is 1.24 bits per heavy atom. The largest absolute Gasteiger partial charge is 0.481 e. The van der Waals surface area contributed by atoms with Gasteiger partial charge < -0.3 is 19.9 Å². The molecule has 1 aromatic carbocycles. The molecule has 0 spiro atoms. The molecule has 0 aliphatic carbocycles. The van der Waals surface area contributed by atoms with Crippen LogP contribution in [0.3, 0.4) is 0 Å². The van der Waals surface area contributed by atoms with Crippen molar-refractivity contribution < 1.29 is 19.5 Å². The lowest BCUT2D eigenvalue weighted by atomic mass is 9.97. The summed E-state index contributed by atoms with van der Waals surface area (Å²) in [5.74, 6) is -1.56. The van der Waals surface area contributed by atoms with Crippen LogP contribution in [0.15, 0.2) is 30.5 Å². The SMILES string of the molecule is CN(CC(=O)N1CCC(C(=O)O)CC1)C(=O)c1cccc2cc[nH]c12. The number of carbonyl (C=O) groups is 3. The highest BCUT2D eigenvalue weighted by Crippen LogP contribution is 2.19. The van der Waals surface area contributed by atoms with Crippen LogP contribution in [0, 0.1) is 5.92 Å². The van der Waals surface area contributed by atoms with Crippen LogP contribution in [0.2, 0.25) is 0 Å². The summed E-state index contributed by atoms with van der Waals surface area (Å²) in [5.41, 5.74) is 1.29. The number of carbonyl (C=O) groups excluding carboxylic acids is 2. The van der Waals surface area contributed by atoms with Crippen molar-refractivity contribution in [3.63, 3.8) is 0 Å². The Labute approximate surface area is 145 Å². The predicted octanol–water partition coefficient (Wildman–Crippen LogP) is 1.56. The molecule has 3 rings (SSSR count). The van der Waals surface area contributed by atoms with E-state index in [9.17, 15) is 14.4 Å². The highest BCUT2D eigenvalue weighted by atomic mass is 16.4. The number of carboxylic acids is 1. The fourth-order valence-corrected chi connectivity index (χ4v) is 3.22. The van der Waals surface area contributed by atoms with Crippen molar-refractivity contribution >= 4 is 28.7 Å². The van der Waals surface area contributed by atoms with Crippen LogP contribution in [-0.4, -0.2) is 64.4 Å². The Balaban J connectivity index is 1.63. The smallest absolute Gasteiger partial charge is 0.306 e. The maximum atomic E-state index is 12.7. The van der Waals surface area contributed by atoms with Gasteiger partial charge in [-0.15, -0.1) is 0 Å². The fourth-order valence-electron chi connectivity index (χ4n) is 3.22. The topological polar surface area (TPSA) is 93.7 Å².